The molecule has 2 rings (SSSR count). The molecule has 16 heavy (non-hydrogen) atoms. The van der Waals surface area contributed by atoms with Gasteiger partial charge in [0.25, 0.3) is 0 Å². The van der Waals surface area contributed by atoms with Gasteiger partial charge in [-0.05, 0) is 6.92 Å². The van der Waals surface area contributed by atoms with Gasteiger partial charge in [-0.3, -0.25) is 4.68 Å². The molecule has 0 spiro atoms. The number of imidazole rings is 1. The van der Waals surface area contributed by atoms with Crippen molar-refractivity contribution in [2.45, 2.75) is 39.3 Å². The molecule has 0 fully saturated rings. The molecule has 0 saturated carbocycles. The lowest BCUT2D eigenvalue weighted by Gasteiger charge is -2.17. The molecule has 0 N–H and O–H groups in total. The summed E-state index contributed by atoms with van der Waals surface area (Å²) in [6, 6.07) is 0.335. The van der Waals surface area contributed by atoms with Crippen molar-refractivity contribution in [2.75, 3.05) is 0 Å². The van der Waals surface area contributed by atoms with Gasteiger partial charge in [0.15, 0.2) is 0 Å². The van der Waals surface area contributed by atoms with Crippen molar-refractivity contribution in [3.63, 3.8) is 0 Å². The Kier molecular flexibility index (Phi) is 3.03. The lowest BCUT2D eigenvalue weighted by molar-refractivity contribution is 0.420. The highest BCUT2D eigenvalue weighted by atomic mass is 15.3. The average Bonchev–Trinajstić information content (AvgIpc) is 2.86. The minimum Gasteiger partial charge on any atom is -0.330 e. The first-order valence-corrected chi connectivity index (χ1v) is 5.53. The summed E-state index contributed by atoms with van der Waals surface area (Å²) in [4.78, 5) is 8.32. The molecule has 0 saturated heterocycles. The van der Waals surface area contributed by atoms with Crippen molar-refractivity contribution >= 4 is 0 Å². The van der Waals surface area contributed by atoms with Gasteiger partial charge >= 0.3 is 0 Å². The second kappa shape index (κ2) is 4.47. The van der Waals surface area contributed by atoms with E-state index in [0.29, 0.717) is 12.0 Å². The van der Waals surface area contributed by atoms with Crippen molar-refractivity contribution in [1.29, 1.82) is 0 Å². The van der Waals surface area contributed by atoms with E-state index >= 15 is 0 Å². The first-order chi connectivity index (χ1) is 7.68. The van der Waals surface area contributed by atoms with Crippen LogP contribution in [0.2, 0.25) is 0 Å². The molecule has 0 aliphatic carbocycles. The third-order valence-corrected chi connectivity index (χ3v) is 2.61. The fourth-order valence-electron chi connectivity index (χ4n) is 1.83. The third-order valence-electron chi connectivity index (χ3n) is 2.61. The van der Waals surface area contributed by atoms with E-state index in [1.54, 1.807) is 12.7 Å². The number of aromatic nitrogens is 5. The first-order valence-electron chi connectivity index (χ1n) is 5.53. The number of rotatable bonds is 4. The number of nitrogens with zero attached hydrogens (tertiary/aromatic N) is 5. The maximum Gasteiger partial charge on any atom is 0.137 e. The van der Waals surface area contributed by atoms with E-state index in [1.807, 2.05) is 17.1 Å². The SMILES string of the molecule is CC(C)c1nccn1C(C)Cn1cncn1. The highest BCUT2D eigenvalue weighted by Gasteiger charge is 2.13. The molecule has 0 aliphatic rings. The van der Waals surface area contributed by atoms with Gasteiger partial charge in [-0.2, -0.15) is 5.10 Å². The first kappa shape index (κ1) is 10.9. The molecule has 0 aliphatic heterocycles. The van der Waals surface area contributed by atoms with E-state index in [9.17, 15) is 0 Å². The van der Waals surface area contributed by atoms with Gasteiger partial charge in [-0.25, -0.2) is 9.97 Å². The van der Waals surface area contributed by atoms with E-state index in [0.717, 1.165) is 12.4 Å². The highest BCUT2D eigenvalue weighted by Crippen LogP contribution is 2.17. The molecule has 0 bridgehead atoms. The minimum atomic E-state index is 0.335. The Morgan fingerprint density at radius 2 is 2.12 bits per heavy atom. The number of hydrogen-bond acceptors (Lipinski definition) is 3. The van der Waals surface area contributed by atoms with Crippen molar-refractivity contribution in [2.24, 2.45) is 0 Å². The van der Waals surface area contributed by atoms with Crippen LogP contribution in [0, 0.1) is 0 Å². The van der Waals surface area contributed by atoms with Crippen LogP contribution in [-0.4, -0.2) is 24.3 Å². The molecule has 0 radical (unpaired) electrons. The van der Waals surface area contributed by atoms with Gasteiger partial charge in [0.2, 0.25) is 0 Å². The molecule has 2 aromatic heterocycles. The monoisotopic (exact) mass is 219 g/mol. The van der Waals surface area contributed by atoms with Crippen molar-refractivity contribution in [3.05, 3.63) is 30.9 Å². The second-order valence-electron chi connectivity index (χ2n) is 4.31. The Labute approximate surface area is 95.1 Å². The molecule has 5 nitrogen and oxygen atoms in total. The summed E-state index contributed by atoms with van der Waals surface area (Å²) in [5.41, 5.74) is 0. The van der Waals surface area contributed by atoms with Crippen LogP contribution in [0.3, 0.4) is 0 Å². The van der Waals surface area contributed by atoms with Gasteiger partial charge in [0.05, 0.1) is 12.6 Å². The molecule has 1 atom stereocenters. The van der Waals surface area contributed by atoms with Crippen molar-refractivity contribution < 1.29 is 0 Å². The number of hydrogen-bond donors (Lipinski definition) is 0. The zero-order valence-corrected chi connectivity index (χ0v) is 9.91. The Morgan fingerprint density at radius 3 is 2.75 bits per heavy atom. The maximum absolute atomic E-state index is 4.38. The van der Waals surface area contributed by atoms with Crippen LogP contribution in [0.25, 0.3) is 0 Å². The fourth-order valence-corrected chi connectivity index (χ4v) is 1.83. The zero-order chi connectivity index (χ0) is 11.5. The van der Waals surface area contributed by atoms with Crippen LogP contribution in [0.1, 0.15) is 38.6 Å². The average molecular weight is 219 g/mol. The van der Waals surface area contributed by atoms with E-state index in [-0.39, 0.29) is 0 Å². The summed E-state index contributed by atoms with van der Waals surface area (Å²) in [6.07, 6.45) is 7.18. The molecule has 86 valence electrons. The van der Waals surface area contributed by atoms with Gasteiger partial charge < -0.3 is 4.57 Å². The smallest absolute Gasteiger partial charge is 0.137 e. The third kappa shape index (κ3) is 2.13. The summed E-state index contributed by atoms with van der Waals surface area (Å²) in [5.74, 6) is 1.56. The van der Waals surface area contributed by atoms with E-state index in [1.165, 1.54) is 0 Å². The van der Waals surface area contributed by atoms with Crippen LogP contribution in [0.4, 0.5) is 0 Å². The normalized spacial score (nSPS) is 13.2. The summed E-state index contributed by atoms with van der Waals surface area (Å²) in [5, 5.41) is 4.11. The van der Waals surface area contributed by atoms with E-state index in [2.05, 4.69) is 40.4 Å². The molecule has 0 aromatic carbocycles. The Morgan fingerprint density at radius 1 is 1.31 bits per heavy atom. The Bertz CT molecular complexity index is 429. The minimum absolute atomic E-state index is 0.335. The van der Waals surface area contributed by atoms with Crippen LogP contribution >= 0.6 is 0 Å². The molecule has 2 heterocycles. The van der Waals surface area contributed by atoms with E-state index in [4.69, 9.17) is 0 Å². The zero-order valence-electron chi connectivity index (χ0n) is 9.91. The van der Waals surface area contributed by atoms with Crippen LogP contribution in [-0.2, 0) is 6.54 Å². The maximum atomic E-state index is 4.38. The molecule has 1 unspecified atom stereocenters. The molecule has 0 amide bonds. The predicted molar refractivity (Wildman–Crippen MR) is 61.0 cm³/mol. The standard InChI is InChI=1S/C11H17N5/c1-9(2)11-13-4-5-16(11)10(3)6-15-8-12-7-14-15/h4-5,7-10H,6H2,1-3H3. The topological polar surface area (TPSA) is 48.5 Å². The van der Waals surface area contributed by atoms with Gasteiger partial charge in [0.1, 0.15) is 18.5 Å². The lowest BCUT2D eigenvalue weighted by atomic mass is 10.2. The summed E-state index contributed by atoms with van der Waals surface area (Å²) < 4.78 is 4.04. The highest BCUT2D eigenvalue weighted by molar-refractivity contribution is 4.99. The molecule has 5 heteroatoms. The van der Waals surface area contributed by atoms with E-state index < -0.39 is 0 Å². The molecular formula is C11H17N5. The van der Waals surface area contributed by atoms with Gasteiger partial charge in [0, 0.05) is 18.3 Å². The van der Waals surface area contributed by atoms with Gasteiger partial charge in [-0.15, -0.1) is 0 Å². The van der Waals surface area contributed by atoms with Crippen LogP contribution in [0.15, 0.2) is 25.0 Å². The Hall–Kier alpha value is -1.65. The Balaban J connectivity index is 2.14. The summed E-state index contributed by atoms with van der Waals surface area (Å²) in [7, 11) is 0. The molecule has 2 aromatic rings. The summed E-state index contributed by atoms with van der Waals surface area (Å²) >= 11 is 0. The quantitative estimate of drug-likeness (QED) is 0.788. The fraction of sp³-hybridized carbons (Fsp3) is 0.545. The predicted octanol–water partition coefficient (Wildman–Crippen LogP) is 1.86. The summed E-state index contributed by atoms with van der Waals surface area (Å²) in [6.45, 7) is 7.29. The second-order valence-corrected chi connectivity index (χ2v) is 4.31. The van der Waals surface area contributed by atoms with Gasteiger partial charge in [-0.1, -0.05) is 13.8 Å². The van der Waals surface area contributed by atoms with Crippen molar-refractivity contribution in [3.8, 4) is 0 Å². The van der Waals surface area contributed by atoms with Crippen LogP contribution in [0.5, 0.6) is 0 Å². The van der Waals surface area contributed by atoms with Crippen molar-refractivity contribution in [1.82, 2.24) is 24.3 Å². The molecular weight excluding hydrogens is 202 g/mol. The largest absolute Gasteiger partial charge is 0.330 e. The van der Waals surface area contributed by atoms with Crippen LogP contribution < -0.4 is 0 Å². The lowest BCUT2D eigenvalue weighted by Crippen LogP contribution is -2.16.